The molecule has 0 radical (unpaired) electrons. The van der Waals surface area contributed by atoms with Crippen LogP contribution in [0.25, 0.3) is 11.0 Å². The molecular formula is C24H27N3O3. The molecule has 0 bridgehead atoms. The van der Waals surface area contributed by atoms with Gasteiger partial charge in [-0.25, -0.2) is 4.98 Å². The maximum absolute atomic E-state index is 12.4. The number of benzene rings is 2. The van der Waals surface area contributed by atoms with Gasteiger partial charge in [-0.2, -0.15) is 0 Å². The lowest BCUT2D eigenvalue weighted by atomic mass is 10.1. The number of nitrogens with zero attached hydrogens (tertiary/aromatic N) is 3. The van der Waals surface area contributed by atoms with E-state index in [-0.39, 0.29) is 18.4 Å². The first-order valence-corrected chi connectivity index (χ1v) is 10.3. The van der Waals surface area contributed by atoms with Crippen LogP contribution in [-0.2, 0) is 11.3 Å². The van der Waals surface area contributed by atoms with E-state index in [0.717, 1.165) is 28.2 Å². The minimum Gasteiger partial charge on any atom is -0.491 e. The van der Waals surface area contributed by atoms with E-state index in [1.807, 2.05) is 60.0 Å². The van der Waals surface area contributed by atoms with Crippen LogP contribution in [-0.4, -0.2) is 51.3 Å². The fourth-order valence-electron chi connectivity index (χ4n) is 4.04. The van der Waals surface area contributed by atoms with Gasteiger partial charge in [0.05, 0.1) is 17.6 Å². The largest absolute Gasteiger partial charge is 0.491 e. The number of aliphatic hydroxyl groups excluding tert-OH is 1. The van der Waals surface area contributed by atoms with Crippen LogP contribution >= 0.6 is 0 Å². The molecular weight excluding hydrogens is 378 g/mol. The number of ether oxygens (including phenoxy) is 1. The van der Waals surface area contributed by atoms with E-state index in [0.29, 0.717) is 26.1 Å². The summed E-state index contributed by atoms with van der Waals surface area (Å²) < 4.78 is 7.87. The minimum atomic E-state index is -0.706. The molecule has 1 N–H and O–H groups in total. The SMILES string of the molecule is C=CCN1C[C@@H](c2nc3ccccc3n2C[C@H](O)COc2ccccc2C)CC1=O. The molecule has 0 unspecified atom stereocenters. The van der Waals surface area contributed by atoms with Crippen molar-refractivity contribution < 1.29 is 14.6 Å². The Hall–Kier alpha value is -3.12. The van der Waals surface area contributed by atoms with Crippen molar-refractivity contribution >= 4 is 16.9 Å². The number of fused-ring (bicyclic) bond motifs is 1. The Morgan fingerprint density at radius 2 is 2.03 bits per heavy atom. The monoisotopic (exact) mass is 405 g/mol. The number of para-hydroxylation sites is 3. The highest BCUT2D eigenvalue weighted by atomic mass is 16.5. The standard InChI is InChI=1S/C24H27N3O3/c1-3-12-26-14-18(13-23(26)29)24-25-20-9-5-6-10-21(20)27(24)15-19(28)16-30-22-11-7-4-8-17(22)2/h3-11,18-19,28H,1,12-16H2,2H3/t18-,19-/m0/s1. The number of aromatic nitrogens is 2. The topological polar surface area (TPSA) is 67.6 Å². The first-order chi connectivity index (χ1) is 14.6. The lowest BCUT2D eigenvalue weighted by Gasteiger charge is -2.19. The fraction of sp³-hybridized carbons (Fsp3) is 0.333. The molecule has 1 aromatic heterocycles. The molecule has 30 heavy (non-hydrogen) atoms. The third kappa shape index (κ3) is 4.09. The molecule has 4 rings (SSSR count). The van der Waals surface area contributed by atoms with Crippen molar-refractivity contribution in [2.45, 2.75) is 31.9 Å². The molecule has 0 saturated carbocycles. The average molecular weight is 405 g/mol. The quantitative estimate of drug-likeness (QED) is 0.584. The van der Waals surface area contributed by atoms with Crippen LogP contribution in [0.3, 0.4) is 0 Å². The number of likely N-dealkylation sites (tertiary alicyclic amines) is 1. The Labute approximate surface area is 176 Å². The summed E-state index contributed by atoms with van der Waals surface area (Å²) in [6, 6.07) is 15.6. The molecule has 1 fully saturated rings. The van der Waals surface area contributed by atoms with Gasteiger partial charge in [0.15, 0.2) is 0 Å². The summed E-state index contributed by atoms with van der Waals surface area (Å²) in [5.41, 5.74) is 2.86. The number of carbonyl (C=O) groups excluding carboxylic acids is 1. The van der Waals surface area contributed by atoms with E-state index in [4.69, 9.17) is 9.72 Å². The predicted molar refractivity (Wildman–Crippen MR) is 117 cm³/mol. The molecule has 2 atom stereocenters. The summed E-state index contributed by atoms with van der Waals surface area (Å²) >= 11 is 0. The maximum Gasteiger partial charge on any atom is 0.223 e. The van der Waals surface area contributed by atoms with Crippen LogP contribution in [0, 0.1) is 6.92 Å². The van der Waals surface area contributed by atoms with E-state index in [1.165, 1.54) is 0 Å². The van der Waals surface area contributed by atoms with Gasteiger partial charge < -0.3 is 19.3 Å². The highest BCUT2D eigenvalue weighted by Crippen LogP contribution is 2.30. The van der Waals surface area contributed by atoms with Gasteiger partial charge in [0.25, 0.3) is 0 Å². The van der Waals surface area contributed by atoms with Crippen molar-refractivity contribution in [1.29, 1.82) is 0 Å². The summed E-state index contributed by atoms with van der Waals surface area (Å²) in [5, 5.41) is 10.7. The second kappa shape index (κ2) is 8.71. The highest BCUT2D eigenvalue weighted by molar-refractivity contribution is 5.81. The smallest absolute Gasteiger partial charge is 0.223 e. The second-order valence-electron chi connectivity index (χ2n) is 7.79. The molecule has 156 valence electrons. The first-order valence-electron chi connectivity index (χ1n) is 10.3. The molecule has 0 aliphatic carbocycles. The van der Waals surface area contributed by atoms with Crippen LogP contribution in [0.1, 0.15) is 23.7 Å². The van der Waals surface area contributed by atoms with E-state index in [9.17, 15) is 9.90 Å². The number of aliphatic hydroxyl groups is 1. The summed E-state index contributed by atoms with van der Waals surface area (Å²) in [5.74, 6) is 1.72. The zero-order valence-electron chi connectivity index (χ0n) is 17.2. The van der Waals surface area contributed by atoms with Gasteiger partial charge in [0.1, 0.15) is 24.3 Å². The number of aryl methyl sites for hydroxylation is 1. The van der Waals surface area contributed by atoms with Crippen molar-refractivity contribution in [3.05, 3.63) is 72.6 Å². The normalized spacial score (nSPS) is 17.5. The average Bonchev–Trinajstić information content (AvgIpc) is 3.28. The van der Waals surface area contributed by atoms with Gasteiger partial charge in [-0.15, -0.1) is 6.58 Å². The summed E-state index contributed by atoms with van der Waals surface area (Å²) in [7, 11) is 0. The van der Waals surface area contributed by atoms with Gasteiger partial charge in [0.2, 0.25) is 5.91 Å². The van der Waals surface area contributed by atoms with Crippen molar-refractivity contribution in [1.82, 2.24) is 14.5 Å². The van der Waals surface area contributed by atoms with Gasteiger partial charge in [-0.1, -0.05) is 36.4 Å². The summed E-state index contributed by atoms with van der Waals surface area (Å²) in [4.78, 5) is 19.0. The van der Waals surface area contributed by atoms with Crippen molar-refractivity contribution in [2.24, 2.45) is 0 Å². The summed E-state index contributed by atoms with van der Waals surface area (Å²) in [6.45, 7) is 7.42. The van der Waals surface area contributed by atoms with E-state index >= 15 is 0 Å². The molecule has 1 amide bonds. The molecule has 1 saturated heterocycles. The lowest BCUT2D eigenvalue weighted by Crippen LogP contribution is -2.26. The van der Waals surface area contributed by atoms with E-state index in [1.54, 1.807) is 11.0 Å². The third-order valence-corrected chi connectivity index (χ3v) is 5.53. The predicted octanol–water partition coefficient (Wildman–Crippen LogP) is 3.29. The number of hydrogen-bond donors (Lipinski definition) is 1. The lowest BCUT2D eigenvalue weighted by molar-refractivity contribution is -0.127. The van der Waals surface area contributed by atoms with Gasteiger partial charge in [-0.3, -0.25) is 4.79 Å². The Kier molecular flexibility index (Phi) is 5.86. The van der Waals surface area contributed by atoms with Crippen LogP contribution in [0.2, 0.25) is 0 Å². The number of hydrogen-bond acceptors (Lipinski definition) is 4. The van der Waals surface area contributed by atoms with Crippen molar-refractivity contribution in [2.75, 3.05) is 19.7 Å². The number of rotatable bonds is 8. The Balaban J connectivity index is 1.55. The Bertz CT molecular complexity index is 1060. The van der Waals surface area contributed by atoms with Gasteiger partial charge in [-0.05, 0) is 30.7 Å². The Morgan fingerprint density at radius 1 is 1.27 bits per heavy atom. The number of imidazole rings is 1. The Morgan fingerprint density at radius 3 is 2.83 bits per heavy atom. The first kappa shape index (κ1) is 20.2. The van der Waals surface area contributed by atoms with Crippen LogP contribution in [0.4, 0.5) is 0 Å². The molecule has 2 aromatic carbocycles. The maximum atomic E-state index is 12.4. The van der Waals surface area contributed by atoms with Crippen LogP contribution in [0.15, 0.2) is 61.2 Å². The van der Waals surface area contributed by atoms with Crippen molar-refractivity contribution in [3.8, 4) is 5.75 Å². The second-order valence-corrected chi connectivity index (χ2v) is 7.79. The van der Waals surface area contributed by atoms with E-state index in [2.05, 4.69) is 6.58 Å². The van der Waals surface area contributed by atoms with Crippen molar-refractivity contribution in [3.63, 3.8) is 0 Å². The zero-order valence-corrected chi connectivity index (χ0v) is 17.2. The molecule has 2 heterocycles. The minimum absolute atomic E-state index is 0.00524. The third-order valence-electron chi connectivity index (χ3n) is 5.53. The fourth-order valence-corrected chi connectivity index (χ4v) is 4.04. The van der Waals surface area contributed by atoms with Gasteiger partial charge in [0, 0.05) is 25.4 Å². The van der Waals surface area contributed by atoms with Crippen LogP contribution < -0.4 is 4.74 Å². The molecule has 1 aliphatic heterocycles. The molecule has 0 spiro atoms. The highest BCUT2D eigenvalue weighted by Gasteiger charge is 2.33. The molecule has 6 heteroatoms. The zero-order chi connectivity index (χ0) is 21.1. The number of amides is 1. The molecule has 1 aliphatic rings. The van der Waals surface area contributed by atoms with Gasteiger partial charge >= 0.3 is 0 Å². The summed E-state index contributed by atoms with van der Waals surface area (Å²) in [6.07, 6.45) is 1.46. The molecule has 3 aromatic rings. The van der Waals surface area contributed by atoms with E-state index < -0.39 is 6.10 Å². The van der Waals surface area contributed by atoms with Crippen LogP contribution in [0.5, 0.6) is 5.75 Å². The molecule has 6 nitrogen and oxygen atoms in total. The number of carbonyl (C=O) groups is 1.